The first kappa shape index (κ1) is 20.1. The maximum atomic E-state index is 11.6. The SMILES string of the molecule is CCC(CCN(C)C(C)=O)c1[nH]nc(-c2ccc(Cl)cc2)c1-c1ccncc1. The molecule has 2 heterocycles. The first-order valence-corrected chi connectivity index (χ1v) is 9.85. The lowest BCUT2D eigenvalue weighted by molar-refractivity contribution is -0.127. The van der Waals surface area contributed by atoms with Crippen molar-refractivity contribution in [2.75, 3.05) is 13.6 Å². The van der Waals surface area contributed by atoms with Gasteiger partial charge in [-0.25, -0.2) is 0 Å². The van der Waals surface area contributed by atoms with Crippen molar-refractivity contribution >= 4 is 17.5 Å². The van der Waals surface area contributed by atoms with Gasteiger partial charge in [-0.2, -0.15) is 5.10 Å². The average molecular weight is 397 g/mol. The fourth-order valence-corrected chi connectivity index (χ4v) is 3.46. The first-order valence-electron chi connectivity index (χ1n) is 9.47. The normalized spacial score (nSPS) is 12.0. The third-order valence-electron chi connectivity index (χ3n) is 5.13. The van der Waals surface area contributed by atoms with E-state index < -0.39 is 0 Å². The van der Waals surface area contributed by atoms with Crippen LogP contribution in [0.25, 0.3) is 22.4 Å². The lowest BCUT2D eigenvalue weighted by atomic mass is 9.90. The summed E-state index contributed by atoms with van der Waals surface area (Å²) in [4.78, 5) is 17.5. The molecule has 0 saturated heterocycles. The van der Waals surface area contributed by atoms with E-state index in [-0.39, 0.29) is 11.8 Å². The molecule has 1 atom stereocenters. The van der Waals surface area contributed by atoms with Crippen LogP contribution in [0.5, 0.6) is 0 Å². The number of nitrogens with one attached hydrogen (secondary N) is 1. The van der Waals surface area contributed by atoms with Gasteiger partial charge in [0.05, 0.1) is 0 Å². The van der Waals surface area contributed by atoms with E-state index in [4.69, 9.17) is 11.6 Å². The maximum Gasteiger partial charge on any atom is 0.219 e. The molecule has 1 amide bonds. The van der Waals surface area contributed by atoms with E-state index in [1.54, 1.807) is 24.2 Å². The van der Waals surface area contributed by atoms with Gasteiger partial charge in [0, 0.05) is 60.7 Å². The summed E-state index contributed by atoms with van der Waals surface area (Å²) in [5.74, 6) is 0.342. The number of benzene rings is 1. The second-order valence-electron chi connectivity index (χ2n) is 6.94. The molecule has 0 aliphatic rings. The smallest absolute Gasteiger partial charge is 0.219 e. The van der Waals surface area contributed by atoms with Crippen molar-refractivity contribution in [1.29, 1.82) is 0 Å². The minimum Gasteiger partial charge on any atom is -0.346 e. The molecule has 0 fully saturated rings. The van der Waals surface area contributed by atoms with Crippen LogP contribution < -0.4 is 0 Å². The van der Waals surface area contributed by atoms with Crippen LogP contribution in [0, 0.1) is 0 Å². The van der Waals surface area contributed by atoms with Crippen LogP contribution in [0.2, 0.25) is 5.02 Å². The Bertz CT molecular complexity index is 921. The minimum atomic E-state index is 0.0793. The van der Waals surface area contributed by atoms with Crippen molar-refractivity contribution in [2.24, 2.45) is 0 Å². The fraction of sp³-hybridized carbons (Fsp3) is 0.318. The Kier molecular flexibility index (Phi) is 6.47. The zero-order valence-electron chi connectivity index (χ0n) is 16.4. The molecule has 3 rings (SSSR count). The molecule has 0 bridgehead atoms. The number of amides is 1. The minimum absolute atomic E-state index is 0.0793. The summed E-state index contributed by atoms with van der Waals surface area (Å²) >= 11 is 6.06. The number of H-pyrrole nitrogens is 1. The highest BCUT2D eigenvalue weighted by atomic mass is 35.5. The number of halogens is 1. The lowest BCUT2D eigenvalue weighted by Crippen LogP contribution is -2.26. The van der Waals surface area contributed by atoms with Gasteiger partial charge < -0.3 is 4.90 Å². The highest BCUT2D eigenvalue weighted by Crippen LogP contribution is 2.38. The number of carbonyl (C=O) groups is 1. The van der Waals surface area contributed by atoms with Gasteiger partial charge in [0.1, 0.15) is 5.69 Å². The number of pyridine rings is 1. The Hall–Kier alpha value is -2.66. The van der Waals surface area contributed by atoms with Gasteiger partial charge in [0.25, 0.3) is 0 Å². The number of hydrogen-bond donors (Lipinski definition) is 1. The Balaban J connectivity index is 2.03. The lowest BCUT2D eigenvalue weighted by Gasteiger charge is -2.20. The highest BCUT2D eigenvalue weighted by molar-refractivity contribution is 6.30. The summed E-state index contributed by atoms with van der Waals surface area (Å²) in [7, 11) is 1.84. The zero-order valence-corrected chi connectivity index (χ0v) is 17.2. The molecule has 1 aromatic carbocycles. The molecule has 3 aromatic rings. The van der Waals surface area contributed by atoms with Gasteiger partial charge in [-0.05, 0) is 42.7 Å². The molecule has 5 nitrogen and oxygen atoms in total. The quantitative estimate of drug-likeness (QED) is 0.600. The van der Waals surface area contributed by atoms with Crippen molar-refractivity contribution in [3.63, 3.8) is 0 Å². The van der Waals surface area contributed by atoms with Crippen LogP contribution in [-0.2, 0) is 4.79 Å². The monoisotopic (exact) mass is 396 g/mol. The second-order valence-corrected chi connectivity index (χ2v) is 7.37. The van der Waals surface area contributed by atoms with E-state index in [0.717, 1.165) is 40.9 Å². The van der Waals surface area contributed by atoms with Crippen molar-refractivity contribution < 1.29 is 4.79 Å². The second kappa shape index (κ2) is 9.02. The summed E-state index contributed by atoms with van der Waals surface area (Å²) < 4.78 is 0. The van der Waals surface area contributed by atoms with Crippen molar-refractivity contribution in [3.05, 3.63) is 59.5 Å². The maximum absolute atomic E-state index is 11.6. The van der Waals surface area contributed by atoms with E-state index in [1.165, 1.54) is 0 Å². The average Bonchev–Trinajstić information content (AvgIpc) is 3.14. The molecule has 146 valence electrons. The summed E-state index contributed by atoms with van der Waals surface area (Å²) in [5.41, 5.74) is 5.16. The standard InChI is InChI=1S/C22H25ClN4O/c1-4-16(11-14-27(3)15(2)28)21-20(17-9-12-24-13-10-17)22(26-25-21)18-5-7-19(23)8-6-18/h5-10,12-13,16H,4,11,14H2,1-3H3,(H,25,26). The molecular weight excluding hydrogens is 372 g/mol. The molecular formula is C22H25ClN4O. The fourth-order valence-electron chi connectivity index (χ4n) is 3.34. The number of rotatable bonds is 7. The molecule has 0 radical (unpaired) electrons. The topological polar surface area (TPSA) is 61.9 Å². The van der Waals surface area contributed by atoms with E-state index in [2.05, 4.69) is 22.1 Å². The Morgan fingerprint density at radius 3 is 2.43 bits per heavy atom. The highest BCUT2D eigenvalue weighted by Gasteiger charge is 2.23. The van der Waals surface area contributed by atoms with Gasteiger partial charge in [-0.1, -0.05) is 30.7 Å². The van der Waals surface area contributed by atoms with Crippen LogP contribution in [0.4, 0.5) is 0 Å². The number of carbonyl (C=O) groups excluding carboxylic acids is 1. The number of nitrogens with zero attached hydrogens (tertiary/aromatic N) is 3. The van der Waals surface area contributed by atoms with Crippen LogP contribution >= 0.6 is 11.6 Å². The van der Waals surface area contributed by atoms with Gasteiger partial charge in [-0.3, -0.25) is 14.9 Å². The van der Waals surface area contributed by atoms with Gasteiger partial charge in [0.15, 0.2) is 0 Å². The van der Waals surface area contributed by atoms with Crippen LogP contribution in [0.3, 0.4) is 0 Å². The third kappa shape index (κ3) is 4.42. The van der Waals surface area contributed by atoms with Crippen molar-refractivity contribution in [2.45, 2.75) is 32.6 Å². The van der Waals surface area contributed by atoms with Crippen LogP contribution in [0.15, 0.2) is 48.8 Å². The predicted molar refractivity (Wildman–Crippen MR) is 113 cm³/mol. The molecule has 1 N–H and O–H groups in total. The van der Waals surface area contributed by atoms with Gasteiger partial charge in [0.2, 0.25) is 5.91 Å². The Labute approximate surface area is 170 Å². The molecule has 0 aliphatic heterocycles. The number of aromatic nitrogens is 3. The zero-order chi connectivity index (χ0) is 20.1. The van der Waals surface area contributed by atoms with Crippen LogP contribution in [0.1, 0.15) is 38.3 Å². The Morgan fingerprint density at radius 1 is 1.14 bits per heavy atom. The van der Waals surface area contributed by atoms with E-state index in [0.29, 0.717) is 11.6 Å². The van der Waals surface area contributed by atoms with Crippen LogP contribution in [-0.4, -0.2) is 39.6 Å². The van der Waals surface area contributed by atoms with Gasteiger partial charge in [-0.15, -0.1) is 0 Å². The summed E-state index contributed by atoms with van der Waals surface area (Å²) in [6.45, 7) is 4.47. The van der Waals surface area contributed by atoms with E-state index in [9.17, 15) is 4.79 Å². The molecule has 0 aliphatic carbocycles. The van der Waals surface area contributed by atoms with Gasteiger partial charge >= 0.3 is 0 Å². The van der Waals surface area contributed by atoms with Crippen molar-refractivity contribution in [3.8, 4) is 22.4 Å². The van der Waals surface area contributed by atoms with Crippen molar-refractivity contribution in [1.82, 2.24) is 20.1 Å². The summed E-state index contributed by atoms with van der Waals surface area (Å²) in [5, 5.41) is 8.64. The molecule has 0 spiro atoms. The molecule has 0 saturated carbocycles. The molecule has 28 heavy (non-hydrogen) atoms. The number of aromatic amines is 1. The molecule has 6 heteroatoms. The largest absolute Gasteiger partial charge is 0.346 e. The van der Waals surface area contributed by atoms with E-state index in [1.807, 2.05) is 43.4 Å². The predicted octanol–water partition coefficient (Wildman–Crippen LogP) is 5.15. The summed E-state index contributed by atoms with van der Waals surface area (Å²) in [6, 6.07) is 11.7. The summed E-state index contributed by atoms with van der Waals surface area (Å²) in [6.07, 6.45) is 5.41. The molecule has 1 unspecified atom stereocenters. The Morgan fingerprint density at radius 2 is 1.82 bits per heavy atom. The third-order valence-corrected chi connectivity index (χ3v) is 5.38. The van der Waals surface area contributed by atoms with E-state index >= 15 is 0 Å². The molecule has 2 aromatic heterocycles. The first-order chi connectivity index (χ1) is 13.5. The number of hydrogen-bond acceptors (Lipinski definition) is 3.